The van der Waals surface area contributed by atoms with Gasteiger partial charge in [-0.15, -0.1) is 0 Å². The van der Waals surface area contributed by atoms with Gasteiger partial charge in [0.1, 0.15) is 0 Å². The first-order valence-corrected chi connectivity index (χ1v) is 6.49. The summed E-state index contributed by atoms with van der Waals surface area (Å²) in [5.74, 6) is 0.674. The summed E-state index contributed by atoms with van der Waals surface area (Å²) in [4.78, 5) is 14.3. The maximum absolute atomic E-state index is 12.3. The summed E-state index contributed by atoms with van der Waals surface area (Å²) in [6.07, 6.45) is 2.29. The number of carbonyl (C=O) groups excluding carboxylic acids is 1. The van der Waals surface area contributed by atoms with Crippen molar-refractivity contribution in [1.29, 1.82) is 0 Å². The molecule has 0 unspecified atom stereocenters. The lowest BCUT2D eigenvalue weighted by atomic mass is 9.98. The van der Waals surface area contributed by atoms with Gasteiger partial charge in [0.15, 0.2) is 0 Å². The van der Waals surface area contributed by atoms with E-state index in [1.165, 1.54) is 11.1 Å². The molecule has 1 fully saturated rings. The van der Waals surface area contributed by atoms with E-state index in [9.17, 15) is 4.79 Å². The Morgan fingerprint density at radius 2 is 1.82 bits per heavy atom. The molecule has 0 atom stereocenters. The second-order valence-electron chi connectivity index (χ2n) is 5.29. The van der Waals surface area contributed by atoms with Gasteiger partial charge < -0.3 is 4.90 Å². The Labute approximate surface area is 104 Å². The molecule has 2 heteroatoms. The lowest BCUT2D eigenvalue weighted by molar-refractivity contribution is 0.0792. The van der Waals surface area contributed by atoms with Gasteiger partial charge in [-0.05, 0) is 43.4 Å². The number of nitrogens with zero attached hydrogens (tertiary/aromatic N) is 1. The highest BCUT2D eigenvalue weighted by Crippen LogP contribution is 2.20. The summed E-state index contributed by atoms with van der Waals surface area (Å²) in [6, 6.07) is 6.23. The predicted molar refractivity (Wildman–Crippen MR) is 70.4 cm³/mol. The first-order valence-electron chi connectivity index (χ1n) is 6.49. The van der Waals surface area contributed by atoms with Crippen LogP contribution < -0.4 is 0 Å². The second-order valence-corrected chi connectivity index (χ2v) is 5.29. The Morgan fingerprint density at radius 3 is 2.41 bits per heavy atom. The van der Waals surface area contributed by atoms with E-state index in [0.717, 1.165) is 31.5 Å². The van der Waals surface area contributed by atoms with Gasteiger partial charge in [0.25, 0.3) is 5.91 Å². The minimum absolute atomic E-state index is 0.202. The summed E-state index contributed by atoms with van der Waals surface area (Å²) in [5.41, 5.74) is 3.29. The first-order chi connectivity index (χ1) is 8.08. The molecule has 1 aliphatic rings. The summed E-state index contributed by atoms with van der Waals surface area (Å²) in [7, 11) is 0. The Kier molecular flexibility index (Phi) is 3.51. The highest BCUT2D eigenvalue weighted by molar-refractivity contribution is 5.94. The standard InChI is InChI=1S/C15H21NO/c1-11(2)13-8-12(3)9-14(10-13)15(17)16-6-4-5-7-16/h8-11H,4-7H2,1-3H3. The number of hydrogen-bond acceptors (Lipinski definition) is 1. The molecule has 0 aromatic heterocycles. The van der Waals surface area contributed by atoms with Crippen molar-refractivity contribution in [2.75, 3.05) is 13.1 Å². The predicted octanol–water partition coefficient (Wildman–Crippen LogP) is 3.35. The third-order valence-corrected chi connectivity index (χ3v) is 3.41. The molecule has 1 amide bonds. The molecule has 92 valence electrons. The van der Waals surface area contributed by atoms with Crippen LogP contribution >= 0.6 is 0 Å². The zero-order valence-electron chi connectivity index (χ0n) is 11.0. The topological polar surface area (TPSA) is 20.3 Å². The monoisotopic (exact) mass is 231 g/mol. The number of benzene rings is 1. The van der Waals surface area contributed by atoms with Crippen LogP contribution in [-0.2, 0) is 0 Å². The number of carbonyl (C=O) groups is 1. The van der Waals surface area contributed by atoms with Crippen LogP contribution in [0.4, 0.5) is 0 Å². The normalized spacial score (nSPS) is 15.6. The summed E-state index contributed by atoms with van der Waals surface area (Å²) >= 11 is 0. The fourth-order valence-electron chi connectivity index (χ4n) is 2.37. The fraction of sp³-hybridized carbons (Fsp3) is 0.533. The van der Waals surface area contributed by atoms with Crippen molar-refractivity contribution < 1.29 is 4.79 Å². The Bertz CT molecular complexity index is 417. The molecular weight excluding hydrogens is 210 g/mol. The minimum atomic E-state index is 0.202. The zero-order valence-corrected chi connectivity index (χ0v) is 11.0. The van der Waals surface area contributed by atoms with E-state index in [4.69, 9.17) is 0 Å². The van der Waals surface area contributed by atoms with E-state index in [-0.39, 0.29) is 5.91 Å². The fourth-order valence-corrected chi connectivity index (χ4v) is 2.37. The lowest BCUT2D eigenvalue weighted by Gasteiger charge is -2.17. The van der Waals surface area contributed by atoms with Crippen molar-refractivity contribution in [3.05, 3.63) is 34.9 Å². The number of hydrogen-bond donors (Lipinski definition) is 0. The van der Waals surface area contributed by atoms with E-state index < -0.39 is 0 Å². The molecule has 0 aliphatic carbocycles. The van der Waals surface area contributed by atoms with E-state index in [0.29, 0.717) is 5.92 Å². The van der Waals surface area contributed by atoms with Gasteiger partial charge in [0.2, 0.25) is 0 Å². The van der Waals surface area contributed by atoms with Crippen molar-refractivity contribution in [3.63, 3.8) is 0 Å². The van der Waals surface area contributed by atoms with Gasteiger partial charge in [-0.25, -0.2) is 0 Å². The third kappa shape index (κ3) is 2.68. The molecule has 0 saturated carbocycles. The molecule has 2 nitrogen and oxygen atoms in total. The van der Waals surface area contributed by atoms with Crippen LogP contribution in [0.3, 0.4) is 0 Å². The average molecular weight is 231 g/mol. The van der Waals surface area contributed by atoms with Gasteiger partial charge >= 0.3 is 0 Å². The Hall–Kier alpha value is -1.31. The van der Waals surface area contributed by atoms with Crippen LogP contribution in [-0.4, -0.2) is 23.9 Å². The molecule has 0 bridgehead atoms. The number of aryl methyl sites for hydroxylation is 1. The van der Waals surface area contributed by atoms with Crippen LogP contribution in [0, 0.1) is 6.92 Å². The first kappa shape index (κ1) is 12.2. The van der Waals surface area contributed by atoms with E-state index >= 15 is 0 Å². The van der Waals surface area contributed by atoms with Gasteiger partial charge in [-0.1, -0.05) is 25.5 Å². The number of likely N-dealkylation sites (tertiary alicyclic amines) is 1. The van der Waals surface area contributed by atoms with Crippen molar-refractivity contribution in [2.24, 2.45) is 0 Å². The summed E-state index contributed by atoms with van der Waals surface area (Å²) < 4.78 is 0. The van der Waals surface area contributed by atoms with Crippen LogP contribution in [0.25, 0.3) is 0 Å². The SMILES string of the molecule is Cc1cc(C(=O)N2CCCC2)cc(C(C)C)c1. The molecule has 2 rings (SSSR count). The quantitative estimate of drug-likeness (QED) is 0.764. The third-order valence-electron chi connectivity index (χ3n) is 3.41. The largest absolute Gasteiger partial charge is 0.339 e. The van der Waals surface area contributed by atoms with Crippen molar-refractivity contribution in [2.45, 2.75) is 39.5 Å². The molecule has 1 aliphatic heterocycles. The van der Waals surface area contributed by atoms with E-state index in [2.05, 4.69) is 32.9 Å². The van der Waals surface area contributed by atoms with Gasteiger partial charge in [-0.2, -0.15) is 0 Å². The van der Waals surface area contributed by atoms with E-state index in [1.54, 1.807) is 0 Å². The minimum Gasteiger partial charge on any atom is -0.339 e. The highest BCUT2D eigenvalue weighted by Gasteiger charge is 2.20. The van der Waals surface area contributed by atoms with Crippen LogP contribution in [0.1, 0.15) is 54.1 Å². The summed E-state index contributed by atoms with van der Waals surface area (Å²) in [5, 5.41) is 0. The molecule has 17 heavy (non-hydrogen) atoms. The molecule has 0 spiro atoms. The van der Waals surface area contributed by atoms with Gasteiger partial charge in [-0.3, -0.25) is 4.79 Å². The molecule has 0 N–H and O–H groups in total. The van der Waals surface area contributed by atoms with E-state index in [1.807, 2.05) is 11.0 Å². The highest BCUT2D eigenvalue weighted by atomic mass is 16.2. The number of amides is 1. The average Bonchev–Trinajstić information content (AvgIpc) is 2.80. The zero-order chi connectivity index (χ0) is 12.4. The smallest absolute Gasteiger partial charge is 0.253 e. The van der Waals surface area contributed by atoms with Crippen molar-refractivity contribution in [1.82, 2.24) is 4.90 Å². The number of rotatable bonds is 2. The molecule has 0 radical (unpaired) electrons. The van der Waals surface area contributed by atoms with Crippen molar-refractivity contribution in [3.8, 4) is 0 Å². The van der Waals surface area contributed by atoms with Crippen LogP contribution in [0.15, 0.2) is 18.2 Å². The molecule has 1 aromatic rings. The molecule has 1 saturated heterocycles. The molecule has 1 aromatic carbocycles. The maximum Gasteiger partial charge on any atom is 0.253 e. The molecular formula is C15H21NO. The Morgan fingerprint density at radius 1 is 1.18 bits per heavy atom. The second kappa shape index (κ2) is 4.91. The van der Waals surface area contributed by atoms with Crippen LogP contribution in [0.2, 0.25) is 0 Å². The van der Waals surface area contributed by atoms with Crippen molar-refractivity contribution >= 4 is 5.91 Å². The Balaban J connectivity index is 2.28. The lowest BCUT2D eigenvalue weighted by Crippen LogP contribution is -2.27. The van der Waals surface area contributed by atoms with Gasteiger partial charge in [0.05, 0.1) is 0 Å². The molecule has 1 heterocycles. The van der Waals surface area contributed by atoms with Gasteiger partial charge in [0, 0.05) is 18.7 Å². The maximum atomic E-state index is 12.3. The van der Waals surface area contributed by atoms with Crippen LogP contribution in [0.5, 0.6) is 0 Å². The summed E-state index contributed by atoms with van der Waals surface area (Å²) in [6.45, 7) is 8.23.